The van der Waals surface area contributed by atoms with Crippen LogP contribution in [0.3, 0.4) is 0 Å². The first kappa shape index (κ1) is 24.5. The minimum atomic E-state index is -4.96. The van der Waals surface area contributed by atoms with Crippen molar-refractivity contribution in [2.24, 2.45) is 0 Å². The molecule has 37 heavy (non-hydrogen) atoms. The summed E-state index contributed by atoms with van der Waals surface area (Å²) in [5.74, 6) is 0.377. The number of aromatic nitrogens is 3. The summed E-state index contributed by atoms with van der Waals surface area (Å²) >= 11 is 0. The highest BCUT2D eigenvalue weighted by Crippen LogP contribution is 2.36. The van der Waals surface area contributed by atoms with Crippen LogP contribution in [0.4, 0.5) is 3.89 Å². The molecule has 5 rings (SSSR count). The SMILES string of the molecule is CCCCOc1cc2c(=O)c3c4ccc(C#N)cc4[nH]c3n(CC)c2cc1-c1cncc(S(=O)(=O)F)c1. The number of aryl methyl sites for hydroxylation is 1. The molecule has 5 aromatic rings. The highest BCUT2D eigenvalue weighted by Gasteiger charge is 2.20. The number of rotatable bonds is 7. The lowest BCUT2D eigenvalue weighted by Crippen LogP contribution is -2.11. The minimum absolute atomic E-state index is 0.198. The molecule has 0 amide bonds. The van der Waals surface area contributed by atoms with Gasteiger partial charge in [0.05, 0.1) is 34.5 Å². The molecule has 1 N–H and O–H groups in total. The van der Waals surface area contributed by atoms with Gasteiger partial charge in [0.2, 0.25) is 0 Å². The zero-order valence-electron chi connectivity index (χ0n) is 20.2. The van der Waals surface area contributed by atoms with Gasteiger partial charge in [-0.05, 0) is 43.7 Å². The molecular weight excluding hydrogens is 495 g/mol. The largest absolute Gasteiger partial charge is 0.493 e. The molecule has 8 nitrogen and oxygen atoms in total. The van der Waals surface area contributed by atoms with Gasteiger partial charge in [0.15, 0.2) is 5.43 Å². The minimum Gasteiger partial charge on any atom is -0.493 e. The van der Waals surface area contributed by atoms with Crippen molar-refractivity contribution >= 4 is 43.1 Å². The number of H-pyrrole nitrogens is 1. The van der Waals surface area contributed by atoms with Crippen LogP contribution in [-0.2, 0) is 16.8 Å². The number of ether oxygens (including phenoxy) is 1. The molecule has 0 aliphatic heterocycles. The Morgan fingerprint density at radius 2 is 1.95 bits per heavy atom. The molecule has 188 valence electrons. The number of hydrogen-bond donors (Lipinski definition) is 1. The van der Waals surface area contributed by atoms with E-state index in [0.29, 0.717) is 68.4 Å². The summed E-state index contributed by atoms with van der Waals surface area (Å²) in [4.78, 5) is 20.5. The van der Waals surface area contributed by atoms with Crippen LogP contribution in [0.1, 0.15) is 32.3 Å². The average Bonchev–Trinajstić information content (AvgIpc) is 3.27. The summed E-state index contributed by atoms with van der Waals surface area (Å²) in [6, 6.07) is 11.9. The Morgan fingerprint density at radius 3 is 2.65 bits per heavy atom. The standard InChI is InChI=1S/C27H23FN4O4S/c1-3-5-8-36-24-12-21-23(11-20(24)17-10-18(15-30-14-17)37(28,34)35)32(4-2)27-25(26(21)33)19-7-6-16(13-29)9-22(19)31-27/h6-7,9-12,14-15,31H,3-5,8H2,1-2H3. The van der Waals surface area contributed by atoms with E-state index in [4.69, 9.17) is 4.74 Å². The Hall–Kier alpha value is -4.23. The fourth-order valence-corrected chi connectivity index (χ4v) is 5.07. The lowest BCUT2D eigenvalue weighted by molar-refractivity contribution is 0.311. The van der Waals surface area contributed by atoms with Gasteiger partial charge in [-0.3, -0.25) is 9.78 Å². The van der Waals surface area contributed by atoms with Crippen molar-refractivity contribution < 1.29 is 17.0 Å². The van der Waals surface area contributed by atoms with Gasteiger partial charge in [-0.2, -0.15) is 13.7 Å². The van der Waals surface area contributed by atoms with Crippen LogP contribution in [0, 0.1) is 11.3 Å². The van der Waals surface area contributed by atoms with E-state index in [9.17, 15) is 22.4 Å². The lowest BCUT2D eigenvalue weighted by Gasteiger charge is -2.17. The molecule has 2 aromatic carbocycles. The second-order valence-corrected chi connectivity index (χ2v) is 10.1. The quantitative estimate of drug-likeness (QED) is 0.227. The third-order valence-electron chi connectivity index (χ3n) is 6.42. The topological polar surface area (TPSA) is 118 Å². The molecule has 0 spiro atoms. The summed E-state index contributed by atoms with van der Waals surface area (Å²) in [5.41, 5.74) is 2.99. The third kappa shape index (κ3) is 4.21. The van der Waals surface area contributed by atoms with E-state index >= 15 is 0 Å². The molecular formula is C27H23FN4O4S. The molecule has 10 heteroatoms. The normalized spacial score (nSPS) is 11.8. The van der Waals surface area contributed by atoms with Gasteiger partial charge in [-0.25, -0.2) is 0 Å². The molecule has 0 fully saturated rings. The highest BCUT2D eigenvalue weighted by atomic mass is 32.3. The molecule has 0 bridgehead atoms. The second-order valence-electron chi connectivity index (χ2n) is 8.71. The molecule has 0 aliphatic carbocycles. The molecule has 3 heterocycles. The average molecular weight is 519 g/mol. The van der Waals surface area contributed by atoms with Gasteiger partial charge in [0, 0.05) is 41.0 Å². The van der Waals surface area contributed by atoms with E-state index < -0.39 is 15.1 Å². The molecule has 0 atom stereocenters. The summed E-state index contributed by atoms with van der Waals surface area (Å²) in [6.07, 6.45) is 4.05. The number of fused-ring (bicyclic) bond motifs is 4. The zero-order valence-corrected chi connectivity index (χ0v) is 21.0. The van der Waals surface area contributed by atoms with E-state index in [2.05, 4.69) is 16.0 Å². The third-order valence-corrected chi connectivity index (χ3v) is 7.20. The van der Waals surface area contributed by atoms with Crippen LogP contribution in [0.2, 0.25) is 0 Å². The first-order valence-electron chi connectivity index (χ1n) is 11.9. The van der Waals surface area contributed by atoms with Crippen LogP contribution < -0.4 is 10.2 Å². The fourth-order valence-electron chi connectivity index (χ4n) is 4.61. The van der Waals surface area contributed by atoms with Crippen molar-refractivity contribution in [3.63, 3.8) is 0 Å². The Morgan fingerprint density at radius 1 is 1.14 bits per heavy atom. The maximum absolute atomic E-state index is 13.8. The van der Waals surface area contributed by atoms with Crippen LogP contribution in [0.15, 0.2) is 58.5 Å². The Balaban J connectivity index is 1.86. The van der Waals surface area contributed by atoms with Crippen LogP contribution in [0.25, 0.3) is 44.0 Å². The van der Waals surface area contributed by atoms with Gasteiger partial charge >= 0.3 is 10.2 Å². The van der Waals surface area contributed by atoms with Crippen molar-refractivity contribution in [3.8, 4) is 22.9 Å². The van der Waals surface area contributed by atoms with Crippen LogP contribution in [0.5, 0.6) is 5.75 Å². The van der Waals surface area contributed by atoms with Crippen molar-refractivity contribution in [2.45, 2.75) is 38.1 Å². The molecule has 0 radical (unpaired) electrons. The number of aromatic amines is 1. The molecule has 3 aromatic heterocycles. The Bertz CT molecular complexity index is 1900. The van der Waals surface area contributed by atoms with E-state index in [1.54, 1.807) is 30.3 Å². The van der Waals surface area contributed by atoms with Crippen molar-refractivity contribution in [1.82, 2.24) is 14.5 Å². The number of nitrogens with one attached hydrogen (secondary N) is 1. The summed E-state index contributed by atoms with van der Waals surface area (Å²) in [6.45, 7) is 4.86. The van der Waals surface area contributed by atoms with E-state index in [1.165, 1.54) is 12.3 Å². The molecule has 0 saturated heterocycles. The highest BCUT2D eigenvalue weighted by molar-refractivity contribution is 7.86. The van der Waals surface area contributed by atoms with Crippen molar-refractivity contribution in [2.75, 3.05) is 6.61 Å². The monoisotopic (exact) mass is 518 g/mol. The second kappa shape index (κ2) is 9.33. The zero-order chi connectivity index (χ0) is 26.3. The van der Waals surface area contributed by atoms with Gasteiger partial charge in [0.25, 0.3) is 0 Å². The Labute approximate surface area is 212 Å². The maximum Gasteiger partial charge on any atom is 0.333 e. The lowest BCUT2D eigenvalue weighted by atomic mass is 10.0. The van der Waals surface area contributed by atoms with E-state index in [-0.39, 0.29) is 5.43 Å². The van der Waals surface area contributed by atoms with Crippen molar-refractivity contribution in [1.29, 1.82) is 5.26 Å². The number of pyridine rings is 2. The van der Waals surface area contributed by atoms with Gasteiger partial charge in [-0.15, -0.1) is 3.89 Å². The predicted octanol–water partition coefficient (Wildman–Crippen LogP) is 5.43. The molecule has 0 saturated carbocycles. The van der Waals surface area contributed by atoms with E-state index in [0.717, 1.165) is 19.0 Å². The van der Waals surface area contributed by atoms with Crippen molar-refractivity contribution in [3.05, 3.63) is 64.6 Å². The molecule has 0 aliphatic rings. The number of hydrogen-bond acceptors (Lipinski definition) is 6. The van der Waals surface area contributed by atoms with E-state index in [1.807, 2.05) is 18.4 Å². The van der Waals surface area contributed by atoms with Gasteiger partial charge in [0.1, 0.15) is 16.3 Å². The van der Waals surface area contributed by atoms with Crippen LogP contribution in [-0.4, -0.2) is 29.6 Å². The number of nitrogens with zero attached hydrogens (tertiary/aromatic N) is 3. The fraction of sp³-hybridized carbons (Fsp3) is 0.222. The number of unbranched alkanes of at least 4 members (excludes halogenated alkanes) is 1. The number of nitriles is 1. The first-order chi connectivity index (χ1) is 17.8. The predicted molar refractivity (Wildman–Crippen MR) is 140 cm³/mol. The van der Waals surface area contributed by atoms with Crippen LogP contribution >= 0.6 is 0 Å². The molecule has 0 unspecified atom stereocenters. The van der Waals surface area contributed by atoms with Gasteiger partial charge in [-0.1, -0.05) is 19.4 Å². The maximum atomic E-state index is 13.8. The summed E-state index contributed by atoms with van der Waals surface area (Å²) in [5, 5.41) is 10.9. The first-order valence-corrected chi connectivity index (χ1v) is 13.2. The number of benzene rings is 2. The Kier molecular flexibility index (Phi) is 6.17. The number of halogens is 1. The smallest absolute Gasteiger partial charge is 0.333 e. The summed E-state index contributed by atoms with van der Waals surface area (Å²) < 4.78 is 44.8. The summed E-state index contributed by atoms with van der Waals surface area (Å²) in [7, 11) is -4.96. The van der Waals surface area contributed by atoms with Gasteiger partial charge < -0.3 is 14.3 Å².